The topological polar surface area (TPSA) is 90.9 Å². The second-order valence-electron chi connectivity index (χ2n) is 5.82. The lowest BCUT2D eigenvalue weighted by atomic mass is 9.89. The zero-order valence-corrected chi connectivity index (χ0v) is 13.7. The number of rotatable bonds is 8. The SMILES string of the molecule is CCCC(O)(CCC)CC(=O)Nc1cn[nH]c1-c1ccccn1. The van der Waals surface area contributed by atoms with Crippen molar-refractivity contribution in [1.29, 1.82) is 0 Å². The molecule has 6 heteroatoms. The number of nitrogens with zero attached hydrogens (tertiary/aromatic N) is 2. The van der Waals surface area contributed by atoms with Gasteiger partial charge in [-0.3, -0.25) is 14.9 Å². The highest BCUT2D eigenvalue weighted by Crippen LogP contribution is 2.26. The van der Waals surface area contributed by atoms with Gasteiger partial charge in [0.05, 0.1) is 29.6 Å². The first kappa shape index (κ1) is 17.1. The van der Waals surface area contributed by atoms with E-state index in [0.29, 0.717) is 29.9 Å². The van der Waals surface area contributed by atoms with E-state index in [0.717, 1.165) is 12.8 Å². The molecule has 0 spiro atoms. The first-order valence-corrected chi connectivity index (χ1v) is 8.05. The van der Waals surface area contributed by atoms with Crippen LogP contribution < -0.4 is 5.32 Å². The second kappa shape index (κ2) is 7.87. The normalized spacial score (nSPS) is 11.4. The van der Waals surface area contributed by atoms with Crippen molar-refractivity contribution in [1.82, 2.24) is 15.2 Å². The summed E-state index contributed by atoms with van der Waals surface area (Å²) in [5, 5.41) is 20.3. The average Bonchev–Trinajstić information content (AvgIpc) is 2.96. The third-order valence-electron chi connectivity index (χ3n) is 3.75. The van der Waals surface area contributed by atoms with Crippen molar-refractivity contribution in [2.24, 2.45) is 0 Å². The molecule has 0 saturated carbocycles. The zero-order valence-electron chi connectivity index (χ0n) is 13.7. The van der Waals surface area contributed by atoms with Crippen LogP contribution in [0, 0.1) is 0 Å². The van der Waals surface area contributed by atoms with E-state index in [4.69, 9.17) is 0 Å². The minimum Gasteiger partial charge on any atom is -0.389 e. The van der Waals surface area contributed by atoms with Crippen LogP contribution in [0.4, 0.5) is 5.69 Å². The molecule has 0 aliphatic rings. The molecule has 6 nitrogen and oxygen atoms in total. The quantitative estimate of drug-likeness (QED) is 0.698. The summed E-state index contributed by atoms with van der Waals surface area (Å²) in [5.74, 6) is -0.215. The Morgan fingerprint density at radius 2 is 2.04 bits per heavy atom. The first-order chi connectivity index (χ1) is 11.1. The molecular formula is C17H24N4O2. The fourth-order valence-corrected chi connectivity index (χ4v) is 2.81. The number of pyridine rings is 1. The van der Waals surface area contributed by atoms with Crippen molar-refractivity contribution in [3.8, 4) is 11.4 Å². The van der Waals surface area contributed by atoms with E-state index in [9.17, 15) is 9.90 Å². The number of hydrogen-bond donors (Lipinski definition) is 3. The summed E-state index contributed by atoms with van der Waals surface area (Å²) in [7, 11) is 0. The minimum absolute atomic E-state index is 0.0848. The lowest BCUT2D eigenvalue weighted by molar-refractivity contribution is -0.121. The number of amides is 1. The summed E-state index contributed by atoms with van der Waals surface area (Å²) in [6, 6.07) is 5.54. The number of anilines is 1. The fraction of sp³-hybridized carbons (Fsp3) is 0.471. The lowest BCUT2D eigenvalue weighted by Crippen LogP contribution is -2.33. The Labute approximate surface area is 136 Å². The van der Waals surface area contributed by atoms with Crippen LogP contribution in [0.5, 0.6) is 0 Å². The maximum Gasteiger partial charge on any atom is 0.227 e. The predicted molar refractivity (Wildman–Crippen MR) is 89.8 cm³/mol. The maximum absolute atomic E-state index is 12.3. The average molecular weight is 316 g/mol. The van der Waals surface area contributed by atoms with Crippen molar-refractivity contribution >= 4 is 11.6 Å². The third-order valence-corrected chi connectivity index (χ3v) is 3.75. The number of carbonyl (C=O) groups is 1. The Hall–Kier alpha value is -2.21. The van der Waals surface area contributed by atoms with Crippen molar-refractivity contribution in [2.45, 2.75) is 51.6 Å². The monoisotopic (exact) mass is 316 g/mol. The number of hydrogen-bond acceptors (Lipinski definition) is 4. The molecular weight excluding hydrogens is 292 g/mol. The first-order valence-electron chi connectivity index (χ1n) is 8.05. The molecule has 2 heterocycles. The number of H-pyrrole nitrogens is 1. The second-order valence-corrected chi connectivity index (χ2v) is 5.82. The molecule has 2 rings (SSSR count). The molecule has 0 aromatic carbocycles. The summed E-state index contributed by atoms with van der Waals surface area (Å²) >= 11 is 0. The van der Waals surface area contributed by atoms with Crippen LogP contribution in [0.25, 0.3) is 11.4 Å². The maximum atomic E-state index is 12.3. The van der Waals surface area contributed by atoms with Crippen LogP contribution in [0.1, 0.15) is 46.0 Å². The molecule has 0 bridgehead atoms. The van der Waals surface area contributed by atoms with Gasteiger partial charge >= 0.3 is 0 Å². The van der Waals surface area contributed by atoms with Gasteiger partial charge in [-0.1, -0.05) is 32.8 Å². The van der Waals surface area contributed by atoms with Crippen LogP contribution in [0.3, 0.4) is 0 Å². The van der Waals surface area contributed by atoms with Gasteiger partial charge in [-0.15, -0.1) is 0 Å². The summed E-state index contributed by atoms with van der Waals surface area (Å²) in [4.78, 5) is 16.6. The Morgan fingerprint density at radius 1 is 1.30 bits per heavy atom. The van der Waals surface area contributed by atoms with Gasteiger partial charge in [-0.25, -0.2) is 0 Å². The number of aromatic amines is 1. The van der Waals surface area contributed by atoms with Gasteiger partial charge in [-0.05, 0) is 25.0 Å². The molecule has 3 N–H and O–H groups in total. The zero-order chi connectivity index (χ0) is 16.7. The van der Waals surface area contributed by atoms with Gasteiger partial charge in [0.25, 0.3) is 0 Å². The fourth-order valence-electron chi connectivity index (χ4n) is 2.81. The molecule has 0 aliphatic heterocycles. The summed E-state index contributed by atoms with van der Waals surface area (Å²) in [6.07, 6.45) is 6.24. The highest BCUT2D eigenvalue weighted by atomic mass is 16.3. The standard InChI is InChI=1S/C17H24N4O2/c1-3-8-17(23,9-4-2)11-15(22)20-14-12-19-21-16(14)13-7-5-6-10-18-13/h5-7,10,12,23H,3-4,8-9,11H2,1-2H3,(H,19,21)(H,20,22). The predicted octanol–water partition coefficient (Wildman–Crippen LogP) is 3.13. The smallest absolute Gasteiger partial charge is 0.227 e. The van der Waals surface area contributed by atoms with Crippen LogP contribution in [0.15, 0.2) is 30.6 Å². The van der Waals surface area contributed by atoms with E-state index in [1.165, 1.54) is 0 Å². The summed E-state index contributed by atoms with van der Waals surface area (Å²) in [5.41, 5.74) is 0.998. The molecule has 23 heavy (non-hydrogen) atoms. The molecule has 0 saturated heterocycles. The van der Waals surface area contributed by atoms with Crippen molar-refractivity contribution in [3.05, 3.63) is 30.6 Å². The highest BCUT2D eigenvalue weighted by molar-refractivity contribution is 5.94. The largest absolute Gasteiger partial charge is 0.389 e. The summed E-state index contributed by atoms with van der Waals surface area (Å²) in [6.45, 7) is 4.02. The molecule has 0 fully saturated rings. The number of aliphatic hydroxyl groups is 1. The Balaban J connectivity index is 2.08. The van der Waals surface area contributed by atoms with E-state index in [1.807, 2.05) is 32.0 Å². The van der Waals surface area contributed by atoms with Gasteiger partial charge < -0.3 is 10.4 Å². The van der Waals surface area contributed by atoms with E-state index in [-0.39, 0.29) is 12.3 Å². The van der Waals surface area contributed by atoms with Crippen molar-refractivity contribution in [3.63, 3.8) is 0 Å². The van der Waals surface area contributed by atoms with Gasteiger partial charge in [-0.2, -0.15) is 5.10 Å². The van der Waals surface area contributed by atoms with Gasteiger partial charge in [0.2, 0.25) is 5.91 Å². The van der Waals surface area contributed by atoms with E-state index < -0.39 is 5.60 Å². The van der Waals surface area contributed by atoms with Gasteiger partial charge in [0, 0.05) is 6.20 Å². The van der Waals surface area contributed by atoms with Crippen LogP contribution in [-0.4, -0.2) is 31.8 Å². The van der Waals surface area contributed by atoms with Crippen LogP contribution in [-0.2, 0) is 4.79 Å². The van der Waals surface area contributed by atoms with E-state index in [2.05, 4.69) is 20.5 Å². The number of carbonyl (C=O) groups excluding carboxylic acids is 1. The Morgan fingerprint density at radius 3 is 2.65 bits per heavy atom. The molecule has 0 atom stereocenters. The molecule has 1 amide bonds. The Bertz CT molecular complexity index is 619. The van der Waals surface area contributed by atoms with E-state index >= 15 is 0 Å². The molecule has 2 aromatic heterocycles. The number of nitrogens with one attached hydrogen (secondary N) is 2. The van der Waals surface area contributed by atoms with Crippen molar-refractivity contribution in [2.75, 3.05) is 5.32 Å². The molecule has 0 radical (unpaired) electrons. The van der Waals surface area contributed by atoms with E-state index in [1.54, 1.807) is 12.4 Å². The van der Waals surface area contributed by atoms with Crippen molar-refractivity contribution < 1.29 is 9.90 Å². The van der Waals surface area contributed by atoms with Gasteiger partial charge in [0.1, 0.15) is 5.69 Å². The van der Waals surface area contributed by atoms with Gasteiger partial charge in [0.15, 0.2) is 0 Å². The van der Waals surface area contributed by atoms with Crippen LogP contribution in [0.2, 0.25) is 0 Å². The number of aromatic nitrogens is 3. The highest BCUT2D eigenvalue weighted by Gasteiger charge is 2.28. The molecule has 0 unspecified atom stereocenters. The lowest BCUT2D eigenvalue weighted by Gasteiger charge is -2.26. The summed E-state index contributed by atoms with van der Waals surface area (Å²) < 4.78 is 0. The molecule has 124 valence electrons. The molecule has 0 aliphatic carbocycles. The third kappa shape index (κ3) is 4.63. The minimum atomic E-state index is -0.942. The molecule has 2 aromatic rings. The van der Waals surface area contributed by atoms with Crippen LogP contribution >= 0.6 is 0 Å². The Kier molecular flexibility index (Phi) is 5.87.